The third-order valence-corrected chi connectivity index (χ3v) is 2.72. The van der Waals surface area contributed by atoms with Gasteiger partial charge in [-0.25, -0.2) is 9.78 Å². The van der Waals surface area contributed by atoms with Crippen LogP contribution in [0.3, 0.4) is 0 Å². The van der Waals surface area contributed by atoms with E-state index in [4.69, 9.17) is 0 Å². The average molecular weight is 306 g/mol. The number of fused-ring (bicyclic) bond motifs is 1. The summed E-state index contributed by atoms with van der Waals surface area (Å²) < 4.78 is 18.7. The first-order valence-electron chi connectivity index (χ1n) is 4.09. The lowest BCUT2D eigenvalue weighted by Gasteiger charge is -1.94. The summed E-state index contributed by atoms with van der Waals surface area (Å²) in [6.07, 6.45) is 1.50. The number of hydrogen-bond donors (Lipinski definition) is 0. The van der Waals surface area contributed by atoms with Crippen molar-refractivity contribution in [2.75, 3.05) is 7.11 Å². The molecule has 2 rings (SSSR count). The molecule has 0 N–H and O–H groups in total. The molecule has 0 aromatic carbocycles. The van der Waals surface area contributed by atoms with Gasteiger partial charge in [0.1, 0.15) is 0 Å². The van der Waals surface area contributed by atoms with Gasteiger partial charge < -0.3 is 4.74 Å². The van der Waals surface area contributed by atoms with Crippen LogP contribution in [0.4, 0.5) is 3.89 Å². The highest BCUT2D eigenvalue weighted by Crippen LogP contribution is 2.24. The predicted octanol–water partition coefficient (Wildman–Crippen LogP) is 2.36. The topological polar surface area (TPSA) is 57.0 Å². The van der Waals surface area contributed by atoms with Crippen molar-refractivity contribution in [3.8, 4) is 0 Å². The van der Waals surface area contributed by atoms with Gasteiger partial charge in [-0.05, 0) is 22.0 Å². The van der Waals surface area contributed by atoms with Crippen molar-refractivity contribution in [3.05, 3.63) is 22.4 Å². The molecule has 16 heavy (non-hydrogen) atoms. The van der Waals surface area contributed by atoms with E-state index in [1.165, 1.54) is 13.3 Å². The summed E-state index contributed by atoms with van der Waals surface area (Å²) in [4.78, 5) is 15.4. The second kappa shape index (κ2) is 4.38. The van der Waals surface area contributed by atoms with Crippen LogP contribution in [-0.2, 0) is 4.74 Å². The maximum Gasteiger partial charge on any atom is 0.359 e. The third-order valence-electron chi connectivity index (χ3n) is 1.90. The summed E-state index contributed by atoms with van der Waals surface area (Å²) in [6.45, 7) is 0. The Morgan fingerprint density at radius 2 is 2.44 bits per heavy atom. The Morgan fingerprint density at radius 3 is 3.06 bits per heavy atom. The normalized spacial score (nSPS) is 10.7. The molecule has 0 saturated carbocycles. The minimum atomic E-state index is -0.627. The molecule has 0 amide bonds. The average Bonchev–Trinajstić information content (AvgIpc) is 2.66. The fourth-order valence-electron chi connectivity index (χ4n) is 1.25. The van der Waals surface area contributed by atoms with E-state index in [1.807, 2.05) is 0 Å². The zero-order chi connectivity index (χ0) is 11.7. The molecule has 2 heterocycles. The number of ether oxygens (including phenoxy) is 1. The summed E-state index contributed by atoms with van der Waals surface area (Å²) in [5.74, 6) is -0.627. The maximum absolute atomic E-state index is 12.5. The summed E-state index contributed by atoms with van der Waals surface area (Å²) >= 11 is 3.09. The number of aromatic nitrogens is 3. The molecule has 0 fully saturated rings. The van der Waals surface area contributed by atoms with Gasteiger partial charge in [0.2, 0.25) is 0 Å². The van der Waals surface area contributed by atoms with Crippen molar-refractivity contribution >= 4 is 45.3 Å². The fourth-order valence-corrected chi connectivity index (χ4v) is 1.90. The molecule has 0 saturated heterocycles. The molecule has 0 aliphatic heterocycles. The van der Waals surface area contributed by atoms with E-state index < -0.39 is 5.97 Å². The van der Waals surface area contributed by atoms with Gasteiger partial charge in [0, 0.05) is 10.7 Å². The largest absolute Gasteiger partial charge is 0.464 e. The predicted molar refractivity (Wildman–Crippen MR) is 60.7 cm³/mol. The van der Waals surface area contributed by atoms with Crippen molar-refractivity contribution in [1.82, 2.24) is 14.2 Å². The second-order valence-electron chi connectivity index (χ2n) is 2.81. The number of carbonyl (C=O) groups excluding carboxylic acids is 1. The van der Waals surface area contributed by atoms with Gasteiger partial charge in [-0.3, -0.25) is 0 Å². The summed E-state index contributed by atoms with van der Waals surface area (Å²) in [5, 5.41) is 4.20. The Labute approximate surface area is 103 Å². The minimum Gasteiger partial charge on any atom is -0.464 e. The van der Waals surface area contributed by atoms with E-state index in [0.717, 1.165) is 4.09 Å². The Kier molecular flexibility index (Phi) is 3.10. The van der Waals surface area contributed by atoms with Crippen LogP contribution in [0, 0.1) is 0 Å². The van der Waals surface area contributed by atoms with Gasteiger partial charge in [-0.15, -0.1) is 8.98 Å². The van der Waals surface area contributed by atoms with Crippen LogP contribution in [0.5, 0.6) is 0 Å². The number of hydrogen-bond acceptors (Lipinski definition) is 5. The highest BCUT2D eigenvalue weighted by molar-refractivity contribution is 9.10. The molecule has 0 unspecified atom stereocenters. The van der Waals surface area contributed by atoms with Crippen LogP contribution in [0.2, 0.25) is 0 Å². The zero-order valence-corrected chi connectivity index (χ0v) is 10.4. The summed E-state index contributed by atoms with van der Waals surface area (Å²) in [5.41, 5.74) is 0.313. The summed E-state index contributed by atoms with van der Waals surface area (Å²) in [7, 11) is 1.24. The highest BCUT2D eigenvalue weighted by atomic mass is 79.9. The van der Waals surface area contributed by atoms with Crippen LogP contribution in [-0.4, -0.2) is 27.2 Å². The first-order chi connectivity index (χ1) is 7.67. The van der Waals surface area contributed by atoms with Crippen molar-refractivity contribution in [1.29, 1.82) is 0 Å². The molecule has 0 spiro atoms. The van der Waals surface area contributed by atoms with E-state index in [1.54, 1.807) is 6.07 Å². The molecule has 0 aliphatic rings. The van der Waals surface area contributed by atoms with Crippen LogP contribution >= 0.6 is 28.3 Å². The highest BCUT2D eigenvalue weighted by Gasteiger charge is 2.19. The Morgan fingerprint density at radius 1 is 1.69 bits per heavy atom. The second-order valence-corrected chi connectivity index (χ2v) is 4.21. The molecule has 0 bridgehead atoms. The smallest absolute Gasteiger partial charge is 0.359 e. The number of halogens is 2. The van der Waals surface area contributed by atoms with Crippen LogP contribution in [0.1, 0.15) is 10.5 Å². The van der Waals surface area contributed by atoms with E-state index in [-0.39, 0.29) is 23.7 Å². The fraction of sp³-hybridized carbons (Fsp3) is 0.125. The van der Waals surface area contributed by atoms with Gasteiger partial charge in [0.25, 0.3) is 0 Å². The molecule has 84 valence electrons. The third kappa shape index (κ3) is 1.78. The maximum atomic E-state index is 12.5. The lowest BCUT2D eigenvalue weighted by molar-refractivity contribution is 0.0596. The summed E-state index contributed by atoms with van der Waals surface area (Å²) in [6, 6.07) is 1.63. The minimum absolute atomic E-state index is 0.0384. The lowest BCUT2D eigenvalue weighted by Crippen LogP contribution is -2.02. The molecule has 8 heteroatoms. The zero-order valence-electron chi connectivity index (χ0n) is 7.98. The number of esters is 1. The SMILES string of the molecule is COC(=O)c1nn(SF)c2ncc(Br)cc12. The monoisotopic (exact) mass is 305 g/mol. The van der Waals surface area contributed by atoms with Gasteiger partial charge >= 0.3 is 5.97 Å². The molecule has 2 aromatic rings. The first-order valence-corrected chi connectivity index (χ1v) is 5.55. The van der Waals surface area contributed by atoms with Crippen LogP contribution in [0.25, 0.3) is 11.0 Å². The van der Waals surface area contributed by atoms with Crippen LogP contribution < -0.4 is 0 Å². The molecular formula is C8H5BrFN3O2S. The van der Waals surface area contributed by atoms with E-state index in [2.05, 4.69) is 30.7 Å². The first kappa shape index (κ1) is 11.3. The van der Waals surface area contributed by atoms with Gasteiger partial charge in [-0.1, -0.05) is 0 Å². The Balaban J connectivity index is 2.73. The lowest BCUT2D eigenvalue weighted by atomic mass is 10.3. The van der Waals surface area contributed by atoms with Gasteiger partial charge in [0.15, 0.2) is 23.7 Å². The quantitative estimate of drug-likeness (QED) is 0.797. The number of nitrogens with zero attached hydrogens (tertiary/aromatic N) is 3. The van der Waals surface area contributed by atoms with Crippen molar-refractivity contribution < 1.29 is 13.4 Å². The molecule has 0 atom stereocenters. The van der Waals surface area contributed by atoms with Gasteiger partial charge in [0.05, 0.1) is 12.5 Å². The molecule has 5 nitrogen and oxygen atoms in total. The molecule has 0 aliphatic carbocycles. The Bertz CT molecular complexity index is 559. The number of methoxy groups -OCH3 is 1. The van der Waals surface area contributed by atoms with Crippen molar-refractivity contribution in [2.24, 2.45) is 0 Å². The van der Waals surface area contributed by atoms with Crippen molar-refractivity contribution in [3.63, 3.8) is 0 Å². The standard InChI is InChI=1S/C8H5BrFN3O2S/c1-15-8(14)6-5-2-4(9)3-11-7(5)13(12-6)16-10/h2-3H,1H3. The van der Waals surface area contributed by atoms with Crippen LogP contribution in [0.15, 0.2) is 16.7 Å². The van der Waals surface area contributed by atoms with E-state index in [9.17, 15) is 8.68 Å². The van der Waals surface area contributed by atoms with E-state index in [0.29, 0.717) is 9.86 Å². The number of pyridine rings is 1. The molecular weight excluding hydrogens is 301 g/mol. The Hall–Kier alpha value is -1.15. The molecule has 0 radical (unpaired) electrons. The molecule has 2 aromatic heterocycles. The van der Waals surface area contributed by atoms with Gasteiger partial charge in [-0.2, -0.15) is 4.09 Å². The number of rotatable bonds is 2. The number of carbonyl (C=O) groups is 1. The van der Waals surface area contributed by atoms with Crippen molar-refractivity contribution in [2.45, 2.75) is 0 Å². The van der Waals surface area contributed by atoms with E-state index >= 15 is 0 Å².